The summed E-state index contributed by atoms with van der Waals surface area (Å²) in [4.78, 5) is 35.5. The number of phosphoric acid groups is 1. The Labute approximate surface area is 387 Å². The average Bonchev–Trinajstić information content (AvgIpc) is 3.24. The van der Waals surface area contributed by atoms with Crippen molar-refractivity contribution in [3.8, 4) is 0 Å². The average molecular weight is 905 g/mol. The molecule has 0 saturated carbocycles. The molecule has 0 fully saturated rings. The highest BCUT2D eigenvalue weighted by molar-refractivity contribution is 7.47. The van der Waals surface area contributed by atoms with Gasteiger partial charge in [-0.2, -0.15) is 0 Å². The maximum Gasteiger partial charge on any atom is 0.472 e. The van der Waals surface area contributed by atoms with Gasteiger partial charge in [-0.05, 0) is 83.5 Å². The van der Waals surface area contributed by atoms with Crippen LogP contribution in [0, 0.1) is 0 Å². The van der Waals surface area contributed by atoms with Crippen molar-refractivity contribution >= 4 is 19.8 Å². The van der Waals surface area contributed by atoms with Crippen LogP contribution in [0.25, 0.3) is 0 Å². The minimum atomic E-state index is -4.39. The van der Waals surface area contributed by atoms with Crippen LogP contribution in [-0.2, 0) is 32.7 Å². The van der Waals surface area contributed by atoms with Crippen LogP contribution in [-0.4, -0.2) is 74.9 Å². The molecule has 9 nitrogen and oxygen atoms in total. The molecule has 0 spiro atoms. The first-order valence-corrected chi connectivity index (χ1v) is 26.7. The van der Waals surface area contributed by atoms with Crippen molar-refractivity contribution in [2.45, 2.75) is 206 Å². The fourth-order valence-electron chi connectivity index (χ4n) is 6.56. The van der Waals surface area contributed by atoms with Crippen molar-refractivity contribution < 1.29 is 42.1 Å². The first-order valence-electron chi connectivity index (χ1n) is 25.2. The molecule has 0 aliphatic rings. The predicted molar refractivity (Wildman–Crippen MR) is 266 cm³/mol. The van der Waals surface area contributed by atoms with Gasteiger partial charge in [0.15, 0.2) is 6.10 Å². The van der Waals surface area contributed by atoms with E-state index in [0.717, 1.165) is 96.3 Å². The van der Waals surface area contributed by atoms with Crippen LogP contribution >= 0.6 is 7.82 Å². The zero-order valence-electron chi connectivity index (χ0n) is 41.0. The van der Waals surface area contributed by atoms with Gasteiger partial charge in [-0.25, -0.2) is 4.57 Å². The van der Waals surface area contributed by atoms with Crippen molar-refractivity contribution in [2.75, 3.05) is 47.5 Å². The third-order valence-electron chi connectivity index (χ3n) is 10.5. The molecule has 0 saturated heterocycles. The van der Waals surface area contributed by atoms with Gasteiger partial charge < -0.3 is 18.9 Å². The number of hydrogen-bond acceptors (Lipinski definition) is 7. The lowest BCUT2D eigenvalue weighted by atomic mass is 10.0. The molecule has 2 atom stereocenters. The van der Waals surface area contributed by atoms with E-state index in [1.807, 2.05) is 21.1 Å². The largest absolute Gasteiger partial charge is 0.472 e. The molecular formula is C53H95NO8P+. The number of nitrogens with zero attached hydrogens (tertiary/aromatic N) is 1. The lowest BCUT2D eigenvalue weighted by molar-refractivity contribution is -0.870. The Kier molecular flexibility index (Phi) is 42.8. The summed E-state index contributed by atoms with van der Waals surface area (Å²) in [6.45, 7) is 4.27. The molecule has 0 aliphatic carbocycles. The second kappa shape index (κ2) is 44.6. The van der Waals surface area contributed by atoms with E-state index in [2.05, 4.69) is 86.8 Å². The zero-order chi connectivity index (χ0) is 46.4. The van der Waals surface area contributed by atoms with E-state index >= 15 is 0 Å². The SMILES string of the molecule is CC/C=C\C/C=C\C/C=C\C/C=C\CCCCCCCCCCCCC(=O)OC(COC(=O)CCCCCCC/C=C\C/C=C\CCCCCC)COP(=O)(O)OCC[N+](C)(C)C. The lowest BCUT2D eigenvalue weighted by Gasteiger charge is -2.24. The third kappa shape index (κ3) is 48.7. The molecular weight excluding hydrogens is 810 g/mol. The summed E-state index contributed by atoms with van der Waals surface area (Å²) >= 11 is 0. The molecule has 0 amide bonds. The van der Waals surface area contributed by atoms with Gasteiger partial charge in [0.05, 0.1) is 27.7 Å². The quantitative estimate of drug-likeness (QED) is 0.0212. The van der Waals surface area contributed by atoms with Gasteiger partial charge in [-0.3, -0.25) is 18.6 Å². The van der Waals surface area contributed by atoms with Crippen molar-refractivity contribution in [3.05, 3.63) is 72.9 Å². The predicted octanol–water partition coefficient (Wildman–Crippen LogP) is 15.0. The smallest absolute Gasteiger partial charge is 0.462 e. The first kappa shape index (κ1) is 60.5. The summed E-state index contributed by atoms with van der Waals surface area (Å²) in [6, 6.07) is 0. The van der Waals surface area contributed by atoms with E-state index in [1.165, 1.54) is 70.6 Å². The van der Waals surface area contributed by atoms with E-state index < -0.39 is 26.5 Å². The van der Waals surface area contributed by atoms with Gasteiger partial charge in [0.2, 0.25) is 0 Å². The van der Waals surface area contributed by atoms with Crippen molar-refractivity contribution in [3.63, 3.8) is 0 Å². The molecule has 63 heavy (non-hydrogen) atoms. The minimum absolute atomic E-state index is 0.0254. The molecule has 2 unspecified atom stereocenters. The Morgan fingerprint density at radius 3 is 1.35 bits per heavy atom. The van der Waals surface area contributed by atoms with Gasteiger partial charge >= 0.3 is 19.8 Å². The third-order valence-corrected chi connectivity index (χ3v) is 11.5. The molecule has 0 bridgehead atoms. The summed E-state index contributed by atoms with van der Waals surface area (Å²) in [5.74, 6) is -0.821. The van der Waals surface area contributed by atoms with E-state index in [9.17, 15) is 19.0 Å². The van der Waals surface area contributed by atoms with Gasteiger partial charge in [-0.15, -0.1) is 0 Å². The standard InChI is InChI=1S/C53H94NO8P/c1-6-8-10-12-14-16-18-20-22-24-25-26-27-28-29-30-32-34-36-38-40-42-44-46-53(56)62-51(50-61-63(57,58)60-48-47-54(3,4)5)49-59-52(55)45-43-41-39-37-35-33-31-23-21-19-17-15-13-11-9-7-2/h8,10,14,16-17,19-20,22-23,25-26,31,51H,6-7,9,11-13,15,18,21,24,27-30,32-50H2,1-5H3/p+1/b10-8-,16-14-,19-17-,22-20-,26-25-,31-23-. The molecule has 364 valence electrons. The maximum absolute atomic E-state index is 12.8. The lowest BCUT2D eigenvalue weighted by Crippen LogP contribution is -2.37. The molecule has 0 heterocycles. The Hall–Kier alpha value is -2.55. The number of hydrogen-bond donors (Lipinski definition) is 1. The molecule has 0 radical (unpaired) electrons. The highest BCUT2D eigenvalue weighted by atomic mass is 31.2. The van der Waals surface area contributed by atoms with Crippen LogP contribution < -0.4 is 0 Å². The summed E-state index contributed by atoms with van der Waals surface area (Å²) in [5.41, 5.74) is 0. The van der Waals surface area contributed by atoms with Crippen LogP contribution in [0.5, 0.6) is 0 Å². The second-order valence-corrected chi connectivity index (χ2v) is 19.3. The van der Waals surface area contributed by atoms with Crippen LogP contribution in [0.3, 0.4) is 0 Å². The van der Waals surface area contributed by atoms with E-state index in [-0.39, 0.29) is 32.0 Å². The Balaban J connectivity index is 4.29. The normalized spacial score (nSPS) is 14.1. The van der Waals surface area contributed by atoms with Crippen LogP contribution in [0.15, 0.2) is 72.9 Å². The number of ether oxygens (including phenoxy) is 2. The molecule has 0 rings (SSSR count). The summed E-state index contributed by atoms with van der Waals surface area (Å²) in [5, 5.41) is 0. The van der Waals surface area contributed by atoms with Crippen molar-refractivity contribution in [1.29, 1.82) is 0 Å². The fourth-order valence-corrected chi connectivity index (χ4v) is 7.31. The zero-order valence-corrected chi connectivity index (χ0v) is 41.9. The van der Waals surface area contributed by atoms with Gasteiger partial charge in [-0.1, -0.05) is 177 Å². The summed E-state index contributed by atoms with van der Waals surface area (Å²) in [6.07, 6.45) is 56.6. The van der Waals surface area contributed by atoms with E-state index in [1.54, 1.807) is 0 Å². The number of quaternary nitrogens is 1. The first-order chi connectivity index (χ1) is 30.5. The van der Waals surface area contributed by atoms with Crippen molar-refractivity contribution in [1.82, 2.24) is 0 Å². The van der Waals surface area contributed by atoms with Gasteiger partial charge in [0.25, 0.3) is 0 Å². The number of allylic oxidation sites excluding steroid dienone is 12. The summed E-state index contributed by atoms with van der Waals surface area (Å²) in [7, 11) is 1.46. The van der Waals surface area contributed by atoms with Gasteiger partial charge in [0.1, 0.15) is 19.8 Å². The number of likely N-dealkylation sites (N-methyl/N-ethyl adjacent to an activating group) is 1. The van der Waals surface area contributed by atoms with Gasteiger partial charge in [0, 0.05) is 12.8 Å². The molecule has 0 aromatic heterocycles. The van der Waals surface area contributed by atoms with Crippen LogP contribution in [0.4, 0.5) is 0 Å². The Bertz CT molecular complexity index is 1300. The van der Waals surface area contributed by atoms with Crippen LogP contribution in [0.1, 0.15) is 200 Å². The summed E-state index contributed by atoms with van der Waals surface area (Å²) < 4.78 is 34.4. The second-order valence-electron chi connectivity index (χ2n) is 17.8. The number of rotatable bonds is 45. The fraction of sp³-hybridized carbons (Fsp3) is 0.736. The van der Waals surface area contributed by atoms with Crippen LogP contribution in [0.2, 0.25) is 0 Å². The maximum atomic E-state index is 12.8. The molecule has 0 aliphatic heterocycles. The number of esters is 2. The highest BCUT2D eigenvalue weighted by Gasteiger charge is 2.27. The Morgan fingerprint density at radius 2 is 0.905 bits per heavy atom. The number of unbranched alkanes of at least 4 members (excludes halogenated alkanes) is 19. The molecule has 0 aromatic carbocycles. The minimum Gasteiger partial charge on any atom is -0.462 e. The monoisotopic (exact) mass is 905 g/mol. The molecule has 10 heteroatoms. The Morgan fingerprint density at radius 1 is 0.508 bits per heavy atom. The molecule has 0 aromatic rings. The number of phosphoric ester groups is 1. The topological polar surface area (TPSA) is 108 Å². The number of carbonyl (C=O) groups excluding carboxylic acids is 2. The van der Waals surface area contributed by atoms with E-state index in [0.29, 0.717) is 17.4 Å². The van der Waals surface area contributed by atoms with Crippen molar-refractivity contribution in [2.24, 2.45) is 0 Å². The number of carbonyl (C=O) groups is 2. The van der Waals surface area contributed by atoms with E-state index in [4.69, 9.17) is 18.5 Å². The molecule has 1 N–H and O–H groups in total. The highest BCUT2D eigenvalue weighted by Crippen LogP contribution is 2.43.